The van der Waals surface area contributed by atoms with E-state index in [1.807, 2.05) is 50.0 Å². The van der Waals surface area contributed by atoms with Gasteiger partial charge in [-0.2, -0.15) is 0 Å². The zero-order valence-corrected chi connectivity index (χ0v) is 20.7. The molecule has 1 unspecified atom stereocenters. The lowest BCUT2D eigenvalue weighted by molar-refractivity contribution is -0.153. The van der Waals surface area contributed by atoms with Crippen LogP contribution in [0.15, 0.2) is 24.3 Å². The van der Waals surface area contributed by atoms with Crippen LogP contribution in [0, 0.1) is 11.8 Å². The van der Waals surface area contributed by atoms with Gasteiger partial charge in [0.15, 0.2) is 0 Å². The Hall–Kier alpha value is -1.80. The van der Waals surface area contributed by atoms with Crippen molar-refractivity contribution in [2.45, 2.75) is 74.5 Å². The average molecular weight is 477 g/mol. The second kappa shape index (κ2) is 9.45. The second-order valence-electron chi connectivity index (χ2n) is 10.4. The van der Waals surface area contributed by atoms with Gasteiger partial charge in [0.25, 0.3) is 0 Å². The minimum Gasteiger partial charge on any atom is -0.465 e. The fourth-order valence-corrected chi connectivity index (χ4v) is 7.70. The number of likely N-dealkylation sites (tertiary alicyclic amines) is 1. The van der Waals surface area contributed by atoms with Gasteiger partial charge < -0.3 is 19.6 Å². The quantitative estimate of drug-likeness (QED) is 0.360. The Balaban J connectivity index is 1.73. The van der Waals surface area contributed by atoms with E-state index in [2.05, 4.69) is 0 Å². The van der Waals surface area contributed by atoms with Crippen LogP contribution in [-0.2, 0) is 19.1 Å². The molecule has 33 heavy (non-hydrogen) atoms. The van der Waals surface area contributed by atoms with Crippen LogP contribution in [0.3, 0.4) is 0 Å². The SMILES string of the molecule is CC(C)(C)N1CC=C[C@]23S[C@H]4C=CCCOC(=O)[C@H]4[C@H]2C(=O)N(CCCCCCO)C3C1=O. The molecule has 4 aliphatic rings. The number of rotatable bonds is 6. The number of hydrogen-bond acceptors (Lipinski definition) is 6. The third-order valence-corrected chi connectivity index (χ3v) is 8.98. The first-order chi connectivity index (χ1) is 15.7. The van der Waals surface area contributed by atoms with Gasteiger partial charge in [-0.25, -0.2) is 0 Å². The smallest absolute Gasteiger partial charge is 0.311 e. The van der Waals surface area contributed by atoms with Crippen LogP contribution in [-0.4, -0.2) is 80.6 Å². The molecular formula is C25H36N2O5S. The summed E-state index contributed by atoms with van der Waals surface area (Å²) in [6, 6.07) is -0.634. The molecule has 182 valence electrons. The third-order valence-electron chi connectivity index (χ3n) is 7.24. The number of carbonyl (C=O) groups is 3. The lowest BCUT2D eigenvalue weighted by Gasteiger charge is -2.40. The Morgan fingerprint density at radius 1 is 1.12 bits per heavy atom. The van der Waals surface area contributed by atoms with Gasteiger partial charge in [-0.3, -0.25) is 14.4 Å². The van der Waals surface area contributed by atoms with Gasteiger partial charge in [-0.1, -0.05) is 37.1 Å². The third kappa shape index (κ3) is 4.25. The van der Waals surface area contributed by atoms with Crippen LogP contribution in [0.5, 0.6) is 0 Å². The highest BCUT2D eigenvalue weighted by molar-refractivity contribution is 8.02. The summed E-state index contributed by atoms with van der Waals surface area (Å²) < 4.78 is 4.73. The first-order valence-corrected chi connectivity index (χ1v) is 13.0. The molecule has 0 bridgehead atoms. The van der Waals surface area contributed by atoms with Crippen LogP contribution < -0.4 is 0 Å². The van der Waals surface area contributed by atoms with Crippen LogP contribution in [0.2, 0.25) is 0 Å². The standard InChI is InChI=1S/C25H36N2O5S/c1-24(2,3)27-14-10-12-25-19(18-17(33-25)11-6-9-16-32-23(18)31)21(29)26(20(25)22(27)30)13-7-4-5-8-15-28/h6,10-12,17-20,28H,4-5,7-9,13-16H2,1-3H3/t17-,18+,19-,20?,25-/m0/s1. The van der Waals surface area contributed by atoms with Gasteiger partial charge in [0.2, 0.25) is 11.8 Å². The zero-order valence-electron chi connectivity index (χ0n) is 19.9. The monoisotopic (exact) mass is 476 g/mol. The molecule has 1 N–H and O–H groups in total. The van der Waals surface area contributed by atoms with Crippen LogP contribution in [0.4, 0.5) is 0 Å². The van der Waals surface area contributed by atoms with E-state index in [1.165, 1.54) is 0 Å². The maximum atomic E-state index is 14.0. The highest BCUT2D eigenvalue weighted by Crippen LogP contribution is 2.61. The van der Waals surface area contributed by atoms with E-state index < -0.39 is 22.6 Å². The van der Waals surface area contributed by atoms with Gasteiger partial charge in [-0.05, 0) is 40.0 Å². The number of ether oxygens (including phenoxy) is 1. The van der Waals surface area contributed by atoms with Crippen molar-refractivity contribution in [1.29, 1.82) is 0 Å². The molecule has 0 aromatic rings. The average Bonchev–Trinajstić information content (AvgIpc) is 3.10. The van der Waals surface area contributed by atoms with Crippen molar-refractivity contribution in [2.75, 3.05) is 26.3 Å². The summed E-state index contributed by atoms with van der Waals surface area (Å²) in [5.41, 5.74) is -0.384. The number of nitrogens with zero attached hydrogens (tertiary/aromatic N) is 2. The van der Waals surface area contributed by atoms with E-state index in [9.17, 15) is 14.4 Å². The number of amides is 2. The number of aliphatic hydroxyl groups is 1. The molecule has 0 saturated carbocycles. The number of fused-ring (bicyclic) bond motifs is 2. The van der Waals surface area contributed by atoms with E-state index in [1.54, 1.807) is 16.7 Å². The number of cyclic esters (lactones) is 1. The van der Waals surface area contributed by atoms with Crippen molar-refractivity contribution in [3.05, 3.63) is 24.3 Å². The predicted molar refractivity (Wildman–Crippen MR) is 127 cm³/mol. The summed E-state index contributed by atoms with van der Waals surface area (Å²) in [4.78, 5) is 44.6. The lowest BCUT2D eigenvalue weighted by atomic mass is 9.78. The topological polar surface area (TPSA) is 87.2 Å². The normalized spacial score (nSPS) is 33.9. The molecule has 5 atom stereocenters. The zero-order chi connectivity index (χ0) is 23.8. The fraction of sp³-hybridized carbons (Fsp3) is 0.720. The van der Waals surface area contributed by atoms with E-state index in [0.717, 1.165) is 25.7 Å². The summed E-state index contributed by atoms with van der Waals surface area (Å²) in [7, 11) is 0. The molecule has 0 aromatic heterocycles. The lowest BCUT2D eigenvalue weighted by Crippen LogP contribution is -2.57. The molecule has 0 radical (unpaired) electrons. The first kappa shape index (κ1) is 24.3. The molecule has 7 nitrogen and oxygen atoms in total. The minimum absolute atomic E-state index is 0.0437. The predicted octanol–water partition coefficient (Wildman–Crippen LogP) is 2.54. The van der Waals surface area contributed by atoms with Crippen molar-refractivity contribution in [2.24, 2.45) is 11.8 Å². The van der Waals surface area contributed by atoms with Crippen molar-refractivity contribution < 1.29 is 24.2 Å². The molecule has 0 aliphatic carbocycles. The Morgan fingerprint density at radius 2 is 1.88 bits per heavy atom. The number of hydrogen-bond donors (Lipinski definition) is 1. The summed E-state index contributed by atoms with van der Waals surface area (Å²) in [6.45, 7) is 7.49. The molecule has 2 saturated heterocycles. The highest BCUT2D eigenvalue weighted by atomic mass is 32.2. The number of carbonyl (C=O) groups excluding carboxylic acids is 3. The molecule has 4 aliphatic heterocycles. The van der Waals surface area contributed by atoms with Crippen molar-refractivity contribution in [3.63, 3.8) is 0 Å². The van der Waals surface area contributed by atoms with Gasteiger partial charge in [0, 0.05) is 30.5 Å². The van der Waals surface area contributed by atoms with E-state index >= 15 is 0 Å². The molecule has 4 heterocycles. The molecule has 4 rings (SSSR count). The van der Waals surface area contributed by atoms with Crippen molar-refractivity contribution >= 4 is 29.5 Å². The molecule has 0 aromatic carbocycles. The van der Waals surface area contributed by atoms with Crippen molar-refractivity contribution in [3.8, 4) is 0 Å². The number of unbranched alkanes of at least 4 members (excludes halogenated alkanes) is 3. The van der Waals surface area contributed by atoms with Gasteiger partial charge in [0.05, 0.1) is 23.2 Å². The summed E-state index contributed by atoms with van der Waals surface area (Å²) in [5, 5.41) is 8.88. The first-order valence-electron chi connectivity index (χ1n) is 12.1. The Morgan fingerprint density at radius 3 is 2.61 bits per heavy atom. The van der Waals surface area contributed by atoms with E-state index in [-0.39, 0.29) is 35.2 Å². The van der Waals surface area contributed by atoms with Gasteiger partial charge >= 0.3 is 5.97 Å². The maximum Gasteiger partial charge on any atom is 0.311 e. The van der Waals surface area contributed by atoms with Crippen LogP contribution in [0.1, 0.15) is 52.9 Å². The molecule has 2 amide bonds. The number of esters is 1. The summed E-state index contributed by atoms with van der Waals surface area (Å²) in [6.07, 6.45) is 12.1. The number of aliphatic hydroxyl groups excluding tert-OH is 1. The Bertz CT molecular complexity index is 850. The van der Waals surface area contributed by atoms with Gasteiger partial charge in [0.1, 0.15) is 6.04 Å². The Labute approximate surface area is 200 Å². The molecule has 2 fully saturated rings. The molecular weight excluding hydrogens is 440 g/mol. The summed E-state index contributed by atoms with van der Waals surface area (Å²) >= 11 is 1.59. The van der Waals surface area contributed by atoms with Crippen LogP contribution >= 0.6 is 11.8 Å². The largest absolute Gasteiger partial charge is 0.465 e. The fourth-order valence-electron chi connectivity index (χ4n) is 5.70. The number of thioether (sulfide) groups is 1. The second-order valence-corrected chi connectivity index (χ2v) is 11.9. The van der Waals surface area contributed by atoms with Crippen LogP contribution in [0.25, 0.3) is 0 Å². The van der Waals surface area contributed by atoms with E-state index in [0.29, 0.717) is 26.1 Å². The minimum atomic E-state index is -0.775. The van der Waals surface area contributed by atoms with Crippen molar-refractivity contribution in [1.82, 2.24) is 9.80 Å². The Kier molecular flexibility index (Phi) is 6.97. The molecule has 1 spiro atoms. The molecule has 8 heteroatoms. The summed E-state index contributed by atoms with van der Waals surface area (Å²) in [5.74, 6) is -1.67. The van der Waals surface area contributed by atoms with E-state index in [4.69, 9.17) is 9.84 Å². The highest BCUT2D eigenvalue weighted by Gasteiger charge is 2.71. The van der Waals surface area contributed by atoms with Gasteiger partial charge in [-0.15, -0.1) is 11.8 Å². The maximum absolute atomic E-state index is 14.0.